The molecule has 128 valence electrons. The molecule has 1 N–H and O–H groups in total. The second-order valence-electron chi connectivity index (χ2n) is 6.40. The van der Waals surface area contributed by atoms with Crippen molar-refractivity contribution in [2.24, 2.45) is 5.92 Å². The summed E-state index contributed by atoms with van der Waals surface area (Å²) in [5.74, 6) is 1.74. The summed E-state index contributed by atoms with van der Waals surface area (Å²) in [5.41, 5.74) is 0.748. The van der Waals surface area contributed by atoms with Crippen molar-refractivity contribution in [2.45, 2.75) is 26.3 Å². The van der Waals surface area contributed by atoms with Crippen molar-refractivity contribution < 1.29 is 4.79 Å². The number of aromatic nitrogens is 2. The van der Waals surface area contributed by atoms with Gasteiger partial charge in [-0.2, -0.15) is 0 Å². The summed E-state index contributed by atoms with van der Waals surface area (Å²) < 4.78 is 2.21. The van der Waals surface area contributed by atoms with Crippen LogP contribution in [0.5, 0.6) is 0 Å². The molecule has 0 bridgehead atoms. The molecular weight excluding hydrogens is 324 g/mol. The smallest absolute Gasteiger partial charge is 0.238 e. The van der Waals surface area contributed by atoms with Gasteiger partial charge in [0, 0.05) is 29.6 Å². The third-order valence-electron chi connectivity index (χ3n) is 4.56. The number of hydrogen-bond acceptors (Lipinski definition) is 3. The topological polar surface area (TPSA) is 50.2 Å². The minimum Gasteiger partial charge on any atom is -0.335 e. The Labute approximate surface area is 147 Å². The van der Waals surface area contributed by atoms with E-state index in [4.69, 9.17) is 11.6 Å². The average Bonchev–Trinajstić information content (AvgIpc) is 2.94. The minimum absolute atomic E-state index is 0.0150. The third-order valence-corrected chi connectivity index (χ3v) is 4.80. The number of aryl methyl sites for hydroxylation is 1. The molecule has 24 heavy (non-hydrogen) atoms. The maximum atomic E-state index is 12.2. The van der Waals surface area contributed by atoms with Gasteiger partial charge < -0.3 is 9.88 Å². The van der Waals surface area contributed by atoms with Crippen molar-refractivity contribution in [3.05, 3.63) is 47.5 Å². The molecule has 1 amide bonds. The van der Waals surface area contributed by atoms with Gasteiger partial charge in [-0.05, 0) is 57.0 Å². The molecule has 2 heterocycles. The van der Waals surface area contributed by atoms with Crippen LogP contribution in [0.2, 0.25) is 5.02 Å². The molecule has 1 aromatic heterocycles. The Hall–Kier alpha value is -1.85. The van der Waals surface area contributed by atoms with Gasteiger partial charge in [-0.3, -0.25) is 9.69 Å². The number of piperidine rings is 1. The summed E-state index contributed by atoms with van der Waals surface area (Å²) in [6, 6.07) is 7.24. The molecule has 3 rings (SSSR count). The highest BCUT2D eigenvalue weighted by atomic mass is 35.5. The largest absolute Gasteiger partial charge is 0.335 e. The van der Waals surface area contributed by atoms with Crippen LogP contribution in [0.1, 0.15) is 18.7 Å². The summed E-state index contributed by atoms with van der Waals surface area (Å²) in [6.07, 6.45) is 6.12. The van der Waals surface area contributed by atoms with Crippen molar-refractivity contribution in [2.75, 3.05) is 25.0 Å². The fraction of sp³-hybridized carbons (Fsp3) is 0.444. The average molecular weight is 347 g/mol. The monoisotopic (exact) mass is 346 g/mol. The zero-order valence-electron chi connectivity index (χ0n) is 13.9. The molecule has 0 spiro atoms. The zero-order chi connectivity index (χ0) is 16.9. The van der Waals surface area contributed by atoms with Crippen molar-refractivity contribution in [1.29, 1.82) is 0 Å². The van der Waals surface area contributed by atoms with E-state index >= 15 is 0 Å². The van der Waals surface area contributed by atoms with Crippen LogP contribution in [0, 0.1) is 12.8 Å². The Bertz CT molecular complexity index is 692. The molecule has 0 aliphatic carbocycles. The van der Waals surface area contributed by atoms with Gasteiger partial charge in [-0.15, -0.1) is 0 Å². The van der Waals surface area contributed by atoms with E-state index in [1.807, 2.05) is 31.5 Å². The number of nitrogens with one attached hydrogen (secondary N) is 1. The van der Waals surface area contributed by atoms with Gasteiger partial charge in [0.25, 0.3) is 0 Å². The molecule has 0 atom stereocenters. The van der Waals surface area contributed by atoms with Crippen LogP contribution in [0.15, 0.2) is 36.7 Å². The standard InChI is InChI=1S/C18H23ClN4O/c1-14-20-7-10-23(14)12-15-5-8-22(9-6-15)13-18(24)21-17-4-2-3-16(19)11-17/h2-4,7,10-11,15H,5-6,8-9,12-13H2,1H3,(H,21,24). The van der Waals surface area contributed by atoms with Crippen molar-refractivity contribution in [3.63, 3.8) is 0 Å². The van der Waals surface area contributed by atoms with Gasteiger partial charge in [0.05, 0.1) is 6.54 Å². The lowest BCUT2D eigenvalue weighted by Crippen LogP contribution is -2.40. The normalized spacial score (nSPS) is 16.2. The van der Waals surface area contributed by atoms with E-state index in [0.717, 1.165) is 44.0 Å². The summed E-state index contributed by atoms with van der Waals surface area (Å²) in [7, 11) is 0. The number of rotatable bonds is 5. The molecule has 2 aromatic rings. The van der Waals surface area contributed by atoms with Crippen LogP contribution >= 0.6 is 11.6 Å². The molecule has 1 aliphatic rings. The van der Waals surface area contributed by atoms with Crippen molar-refractivity contribution in [1.82, 2.24) is 14.5 Å². The number of benzene rings is 1. The first-order valence-electron chi connectivity index (χ1n) is 8.35. The van der Waals surface area contributed by atoms with E-state index in [0.29, 0.717) is 17.5 Å². The van der Waals surface area contributed by atoms with Crippen LogP contribution in [0.25, 0.3) is 0 Å². The van der Waals surface area contributed by atoms with Gasteiger partial charge in [-0.1, -0.05) is 17.7 Å². The molecule has 6 heteroatoms. The number of halogens is 1. The van der Waals surface area contributed by atoms with Gasteiger partial charge in [0.1, 0.15) is 5.82 Å². The molecule has 0 unspecified atom stereocenters. The van der Waals surface area contributed by atoms with Crippen molar-refractivity contribution >= 4 is 23.2 Å². The molecule has 1 aliphatic heterocycles. The lowest BCUT2D eigenvalue weighted by atomic mass is 9.96. The van der Waals surface area contributed by atoms with E-state index in [2.05, 4.69) is 19.8 Å². The van der Waals surface area contributed by atoms with Crippen molar-refractivity contribution in [3.8, 4) is 0 Å². The van der Waals surface area contributed by atoms with E-state index in [9.17, 15) is 4.79 Å². The number of imidazole rings is 1. The Morgan fingerprint density at radius 2 is 2.17 bits per heavy atom. The molecular formula is C18H23ClN4O. The highest BCUT2D eigenvalue weighted by Gasteiger charge is 2.21. The molecule has 5 nitrogen and oxygen atoms in total. The number of amides is 1. The van der Waals surface area contributed by atoms with E-state index in [-0.39, 0.29) is 5.91 Å². The first kappa shape index (κ1) is 17.0. The quantitative estimate of drug-likeness (QED) is 0.904. The Morgan fingerprint density at radius 3 is 2.83 bits per heavy atom. The van der Waals surface area contributed by atoms with E-state index in [1.165, 1.54) is 0 Å². The lowest BCUT2D eigenvalue weighted by Gasteiger charge is -2.31. The predicted molar refractivity (Wildman–Crippen MR) is 96.2 cm³/mol. The summed E-state index contributed by atoms with van der Waals surface area (Å²) in [5, 5.41) is 3.54. The molecule has 1 fully saturated rings. The summed E-state index contributed by atoms with van der Waals surface area (Å²) in [4.78, 5) is 18.7. The maximum absolute atomic E-state index is 12.2. The van der Waals surface area contributed by atoms with Gasteiger partial charge in [-0.25, -0.2) is 4.98 Å². The first-order valence-corrected chi connectivity index (χ1v) is 8.73. The Morgan fingerprint density at radius 1 is 1.38 bits per heavy atom. The number of carbonyl (C=O) groups excluding carboxylic acids is 1. The van der Waals surface area contributed by atoms with Crippen LogP contribution < -0.4 is 5.32 Å². The highest BCUT2D eigenvalue weighted by molar-refractivity contribution is 6.30. The number of hydrogen-bond donors (Lipinski definition) is 1. The summed E-state index contributed by atoms with van der Waals surface area (Å²) >= 11 is 5.94. The number of nitrogens with zero attached hydrogens (tertiary/aromatic N) is 3. The van der Waals surface area contributed by atoms with Gasteiger partial charge in [0.2, 0.25) is 5.91 Å². The van der Waals surface area contributed by atoms with Gasteiger partial charge in [0.15, 0.2) is 0 Å². The maximum Gasteiger partial charge on any atom is 0.238 e. The second-order valence-corrected chi connectivity index (χ2v) is 6.84. The SMILES string of the molecule is Cc1nccn1CC1CCN(CC(=O)Nc2cccc(Cl)c2)CC1. The molecule has 1 saturated heterocycles. The minimum atomic E-state index is 0.0150. The number of carbonyl (C=O) groups is 1. The molecule has 0 saturated carbocycles. The van der Waals surface area contributed by atoms with E-state index in [1.54, 1.807) is 12.1 Å². The Balaban J connectivity index is 1.43. The van der Waals surface area contributed by atoms with Crippen LogP contribution in [0.4, 0.5) is 5.69 Å². The first-order chi connectivity index (χ1) is 11.6. The Kier molecular flexibility index (Phi) is 5.53. The number of anilines is 1. The predicted octanol–water partition coefficient (Wildman–Crippen LogP) is 3.20. The van der Waals surface area contributed by atoms with Crippen LogP contribution in [-0.4, -0.2) is 40.0 Å². The molecule has 0 radical (unpaired) electrons. The lowest BCUT2D eigenvalue weighted by molar-refractivity contribution is -0.117. The fourth-order valence-electron chi connectivity index (χ4n) is 3.17. The van der Waals surface area contributed by atoms with Gasteiger partial charge >= 0.3 is 0 Å². The summed E-state index contributed by atoms with van der Waals surface area (Å²) in [6.45, 7) is 5.41. The van der Waals surface area contributed by atoms with Crippen LogP contribution in [0.3, 0.4) is 0 Å². The van der Waals surface area contributed by atoms with E-state index < -0.39 is 0 Å². The second kappa shape index (κ2) is 7.81. The zero-order valence-corrected chi connectivity index (χ0v) is 14.7. The number of likely N-dealkylation sites (tertiary alicyclic amines) is 1. The third kappa shape index (κ3) is 4.58. The fourth-order valence-corrected chi connectivity index (χ4v) is 3.36. The molecule has 1 aromatic carbocycles. The van der Waals surface area contributed by atoms with Crippen LogP contribution in [-0.2, 0) is 11.3 Å². The highest BCUT2D eigenvalue weighted by Crippen LogP contribution is 2.20.